The molecule has 1 fully saturated rings. The maximum atomic E-state index is 12.2. The van der Waals surface area contributed by atoms with Gasteiger partial charge in [0, 0.05) is 19.1 Å². The van der Waals surface area contributed by atoms with Gasteiger partial charge < -0.3 is 10.6 Å². The molecule has 0 bridgehead atoms. The van der Waals surface area contributed by atoms with Gasteiger partial charge in [-0.15, -0.1) is 17.5 Å². The van der Waals surface area contributed by atoms with Crippen molar-refractivity contribution in [3.8, 4) is 5.69 Å². The first kappa shape index (κ1) is 14.5. The second-order valence-corrected chi connectivity index (χ2v) is 4.65. The number of aromatic nitrogens is 3. The number of nitrogens with two attached hydrogens (primary N) is 1. The predicted octanol–water partition coefficient (Wildman–Crippen LogP) is 0.862. The Hall–Kier alpha value is -1.92. The standard InChI is InChI=1S/C13H15N5O.ClH/c14-10-6-7-17(9-10)13(19)12-8-15-18(16-12)11-4-2-1-3-5-11;/h1-5,8,10H,6-7,9,14H2;1H/t10-;/m1./s1. The Kier molecular flexibility index (Phi) is 4.36. The van der Waals surface area contributed by atoms with Crippen LogP contribution < -0.4 is 5.73 Å². The van der Waals surface area contributed by atoms with Crippen LogP contribution >= 0.6 is 12.4 Å². The van der Waals surface area contributed by atoms with Gasteiger partial charge in [0.1, 0.15) is 0 Å². The van der Waals surface area contributed by atoms with E-state index in [-0.39, 0.29) is 24.4 Å². The molecule has 2 aromatic rings. The zero-order chi connectivity index (χ0) is 13.2. The lowest BCUT2D eigenvalue weighted by molar-refractivity contribution is 0.0784. The number of likely N-dealkylation sites (tertiary alicyclic amines) is 1. The van der Waals surface area contributed by atoms with Crippen molar-refractivity contribution >= 4 is 18.3 Å². The third-order valence-corrected chi connectivity index (χ3v) is 3.21. The number of amides is 1. The molecule has 0 spiro atoms. The Morgan fingerprint density at radius 3 is 2.70 bits per heavy atom. The van der Waals surface area contributed by atoms with E-state index in [0.29, 0.717) is 18.8 Å². The van der Waals surface area contributed by atoms with Gasteiger partial charge in [-0.05, 0) is 18.6 Å². The molecule has 1 aromatic carbocycles. The Balaban J connectivity index is 0.00000147. The van der Waals surface area contributed by atoms with E-state index in [2.05, 4.69) is 10.2 Å². The van der Waals surface area contributed by atoms with E-state index in [0.717, 1.165) is 12.1 Å². The summed E-state index contributed by atoms with van der Waals surface area (Å²) in [6, 6.07) is 9.58. The Bertz CT molecular complexity index is 585. The summed E-state index contributed by atoms with van der Waals surface area (Å²) in [5.74, 6) is -0.102. The number of hydrogen-bond donors (Lipinski definition) is 1. The fourth-order valence-corrected chi connectivity index (χ4v) is 2.18. The first-order valence-electron chi connectivity index (χ1n) is 6.26. The Morgan fingerprint density at radius 2 is 2.05 bits per heavy atom. The molecule has 1 aromatic heterocycles. The van der Waals surface area contributed by atoms with E-state index in [1.807, 2.05) is 30.3 Å². The highest BCUT2D eigenvalue weighted by molar-refractivity contribution is 5.92. The SMILES string of the molecule is Cl.N[C@@H]1CCN(C(=O)c2cnn(-c3ccccc3)n2)C1. The topological polar surface area (TPSA) is 77.0 Å². The quantitative estimate of drug-likeness (QED) is 0.891. The number of hydrogen-bond acceptors (Lipinski definition) is 4. The van der Waals surface area contributed by atoms with Crippen LogP contribution in [0.1, 0.15) is 16.9 Å². The molecule has 6 nitrogen and oxygen atoms in total. The second kappa shape index (κ2) is 6.02. The lowest BCUT2D eigenvalue weighted by Gasteiger charge is -2.13. The van der Waals surface area contributed by atoms with Crippen LogP contribution in [-0.4, -0.2) is 44.9 Å². The molecule has 1 aliphatic rings. The number of para-hydroxylation sites is 1. The Morgan fingerprint density at radius 1 is 1.30 bits per heavy atom. The third kappa shape index (κ3) is 2.81. The normalized spacial score (nSPS) is 17.9. The summed E-state index contributed by atoms with van der Waals surface area (Å²) < 4.78 is 0. The molecule has 106 valence electrons. The average Bonchev–Trinajstić information content (AvgIpc) is 3.08. The highest BCUT2D eigenvalue weighted by Gasteiger charge is 2.26. The van der Waals surface area contributed by atoms with Crippen LogP contribution in [0.2, 0.25) is 0 Å². The number of nitrogens with zero attached hydrogens (tertiary/aromatic N) is 4. The summed E-state index contributed by atoms with van der Waals surface area (Å²) in [5.41, 5.74) is 6.99. The predicted molar refractivity (Wildman–Crippen MR) is 77.1 cm³/mol. The molecule has 0 aliphatic carbocycles. The van der Waals surface area contributed by atoms with Crippen molar-refractivity contribution in [3.63, 3.8) is 0 Å². The molecule has 2 heterocycles. The van der Waals surface area contributed by atoms with Crippen LogP contribution in [0.4, 0.5) is 0 Å². The molecule has 0 radical (unpaired) electrons. The van der Waals surface area contributed by atoms with Crippen LogP contribution in [0.15, 0.2) is 36.5 Å². The zero-order valence-electron chi connectivity index (χ0n) is 10.8. The lowest BCUT2D eigenvalue weighted by atomic mass is 10.3. The van der Waals surface area contributed by atoms with E-state index in [1.54, 1.807) is 4.90 Å². The number of halogens is 1. The molecule has 1 aliphatic heterocycles. The molecule has 1 amide bonds. The van der Waals surface area contributed by atoms with Crippen LogP contribution in [0, 0.1) is 0 Å². The highest BCUT2D eigenvalue weighted by Crippen LogP contribution is 2.11. The first-order chi connectivity index (χ1) is 9.24. The van der Waals surface area contributed by atoms with Gasteiger partial charge >= 0.3 is 0 Å². The minimum Gasteiger partial charge on any atom is -0.336 e. The summed E-state index contributed by atoms with van der Waals surface area (Å²) in [6.07, 6.45) is 2.34. The first-order valence-corrected chi connectivity index (χ1v) is 6.26. The van der Waals surface area contributed by atoms with Gasteiger partial charge in [-0.3, -0.25) is 4.79 Å². The molecule has 0 saturated carbocycles. The van der Waals surface area contributed by atoms with Crippen LogP contribution in [-0.2, 0) is 0 Å². The van der Waals surface area contributed by atoms with Crippen molar-refractivity contribution in [1.29, 1.82) is 0 Å². The molecule has 2 N–H and O–H groups in total. The molecule has 7 heteroatoms. The van der Waals surface area contributed by atoms with Crippen LogP contribution in [0.5, 0.6) is 0 Å². The zero-order valence-corrected chi connectivity index (χ0v) is 11.7. The van der Waals surface area contributed by atoms with Gasteiger partial charge in [0.15, 0.2) is 5.69 Å². The smallest absolute Gasteiger partial charge is 0.276 e. The van der Waals surface area contributed by atoms with Gasteiger partial charge in [-0.25, -0.2) is 0 Å². The number of rotatable bonds is 2. The largest absolute Gasteiger partial charge is 0.336 e. The molecular weight excluding hydrogens is 278 g/mol. The summed E-state index contributed by atoms with van der Waals surface area (Å²) in [6.45, 7) is 1.29. The van der Waals surface area contributed by atoms with Crippen molar-refractivity contribution < 1.29 is 4.79 Å². The fourth-order valence-electron chi connectivity index (χ4n) is 2.18. The third-order valence-electron chi connectivity index (χ3n) is 3.21. The second-order valence-electron chi connectivity index (χ2n) is 4.65. The summed E-state index contributed by atoms with van der Waals surface area (Å²) in [5, 5.41) is 8.35. The maximum Gasteiger partial charge on any atom is 0.276 e. The molecule has 3 rings (SSSR count). The number of carbonyl (C=O) groups excluding carboxylic acids is 1. The van der Waals surface area contributed by atoms with Crippen molar-refractivity contribution in [3.05, 3.63) is 42.2 Å². The van der Waals surface area contributed by atoms with Crippen molar-refractivity contribution in [2.24, 2.45) is 5.73 Å². The molecule has 1 atom stereocenters. The van der Waals surface area contributed by atoms with Gasteiger partial charge in [-0.1, -0.05) is 18.2 Å². The van der Waals surface area contributed by atoms with Crippen LogP contribution in [0.3, 0.4) is 0 Å². The van der Waals surface area contributed by atoms with Crippen LogP contribution in [0.25, 0.3) is 5.69 Å². The van der Waals surface area contributed by atoms with Crippen molar-refractivity contribution in [1.82, 2.24) is 19.9 Å². The minimum absolute atomic E-state index is 0. The van der Waals surface area contributed by atoms with E-state index in [1.165, 1.54) is 11.0 Å². The summed E-state index contributed by atoms with van der Waals surface area (Å²) in [7, 11) is 0. The fraction of sp³-hybridized carbons (Fsp3) is 0.308. The van der Waals surface area contributed by atoms with E-state index in [4.69, 9.17) is 5.73 Å². The van der Waals surface area contributed by atoms with Gasteiger partial charge in [0.2, 0.25) is 0 Å². The molecule has 20 heavy (non-hydrogen) atoms. The van der Waals surface area contributed by atoms with Crippen molar-refractivity contribution in [2.75, 3.05) is 13.1 Å². The van der Waals surface area contributed by atoms with E-state index < -0.39 is 0 Å². The average molecular weight is 294 g/mol. The van der Waals surface area contributed by atoms with Gasteiger partial charge in [0.25, 0.3) is 5.91 Å². The molecular formula is C13H16ClN5O. The number of benzene rings is 1. The van der Waals surface area contributed by atoms with E-state index in [9.17, 15) is 4.79 Å². The van der Waals surface area contributed by atoms with Crippen molar-refractivity contribution in [2.45, 2.75) is 12.5 Å². The molecule has 1 saturated heterocycles. The number of carbonyl (C=O) groups is 1. The monoisotopic (exact) mass is 293 g/mol. The Labute approximate surface area is 123 Å². The van der Waals surface area contributed by atoms with E-state index >= 15 is 0 Å². The van der Waals surface area contributed by atoms with Gasteiger partial charge in [-0.2, -0.15) is 9.90 Å². The highest BCUT2D eigenvalue weighted by atomic mass is 35.5. The molecule has 0 unspecified atom stereocenters. The maximum absolute atomic E-state index is 12.2. The summed E-state index contributed by atoms with van der Waals surface area (Å²) >= 11 is 0. The minimum atomic E-state index is -0.102. The summed E-state index contributed by atoms with van der Waals surface area (Å²) in [4.78, 5) is 15.4. The van der Waals surface area contributed by atoms with Gasteiger partial charge in [0.05, 0.1) is 11.9 Å². The lowest BCUT2D eigenvalue weighted by Crippen LogP contribution is -2.32.